The van der Waals surface area contributed by atoms with Crippen LogP contribution < -0.4 is 4.74 Å². The van der Waals surface area contributed by atoms with Gasteiger partial charge in [-0.25, -0.2) is 0 Å². The van der Waals surface area contributed by atoms with E-state index in [1.165, 1.54) is 193 Å². The van der Waals surface area contributed by atoms with Crippen molar-refractivity contribution in [1.29, 1.82) is 0 Å². The van der Waals surface area contributed by atoms with Crippen molar-refractivity contribution in [2.24, 2.45) is 0 Å². The van der Waals surface area contributed by atoms with Crippen molar-refractivity contribution >= 4 is 11.9 Å². The maximum Gasteiger partial charge on any atom is 0.311 e. The first kappa shape index (κ1) is 44.2. The largest absolute Gasteiger partial charge is 0.481 e. The third kappa shape index (κ3) is 34.0. The SMILES string of the molecule is O=C(O)CCCCCCCCCCCCCCCCCCCCCCCCCCCCCCCCCCCCC(=O)Oc1ccccc1. The highest BCUT2D eigenvalue weighted by atomic mass is 16.5. The van der Waals surface area contributed by atoms with Gasteiger partial charge in [0.1, 0.15) is 5.75 Å². The Kier molecular flexibility index (Phi) is 33.5. The van der Waals surface area contributed by atoms with Gasteiger partial charge in [-0.05, 0) is 25.0 Å². The molecule has 1 aromatic carbocycles. The van der Waals surface area contributed by atoms with Crippen molar-refractivity contribution in [1.82, 2.24) is 0 Å². The summed E-state index contributed by atoms with van der Waals surface area (Å²) in [5.74, 6) is -0.108. The third-order valence-corrected chi connectivity index (χ3v) is 10.00. The van der Waals surface area contributed by atoms with Crippen LogP contribution in [-0.4, -0.2) is 17.0 Å². The van der Waals surface area contributed by atoms with Crippen molar-refractivity contribution in [3.05, 3.63) is 30.3 Å². The van der Waals surface area contributed by atoms with Gasteiger partial charge in [-0.2, -0.15) is 0 Å². The Labute approximate surface area is 298 Å². The minimum Gasteiger partial charge on any atom is -0.481 e. The molecule has 1 rings (SSSR count). The number of aliphatic carboxylic acids is 1. The number of carboxylic acids is 1. The molecule has 0 aliphatic carbocycles. The number of carbonyl (C=O) groups excluding carboxylic acids is 1. The van der Waals surface area contributed by atoms with Crippen LogP contribution in [-0.2, 0) is 9.59 Å². The highest BCUT2D eigenvalue weighted by Gasteiger charge is 2.04. The summed E-state index contributed by atoms with van der Waals surface area (Å²) < 4.78 is 5.34. The molecule has 0 unspecified atom stereocenters. The topological polar surface area (TPSA) is 63.6 Å². The fourth-order valence-electron chi connectivity index (χ4n) is 6.87. The number of rotatable bonds is 38. The molecule has 0 bridgehead atoms. The van der Waals surface area contributed by atoms with Crippen molar-refractivity contribution in [2.45, 2.75) is 231 Å². The summed E-state index contributed by atoms with van der Waals surface area (Å²) in [5.41, 5.74) is 0. The summed E-state index contributed by atoms with van der Waals surface area (Å²) in [5, 5.41) is 8.65. The van der Waals surface area contributed by atoms with Crippen LogP contribution in [0.1, 0.15) is 231 Å². The smallest absolute Gasteiger partial charge is 0.311 e. The highest BCUT2D eigenvalue weighted by molar-refractivity contribution is 5.72. The maximum atomic E-state index is 11.9. The van der Waals surface area contributed by atoms with Crippen LogP contribution in [0, 0.1) is 0 Å². The summed E-state index contributed by atoms with van der Waals surface area (Å²) in [4.78, 5) is 22.4. The molecule has 1 N–H and O–H groups in total. The molecule has 48 heavy (non-hydrogen) atoms. The second kappa shape index (κ2) is 36.4. The molecule has 0 aliphatic heterocycles. The Morgan fingerprint density at radius 3 is 0.833 bits per heavy atom. The Bertz CT molecular complexity index is 807. The molecule has 4 nitrogen and oxygen atoms in total. The number of hydrogen-bond acceptors (Lipinski definition) is 3. The molecule has 0 saturated carbocycles. The summed E-state index contributed by atoms with van der Waals surface area (Å²) >= 11 is 0. The number of carboxylic acid groups (broad SMARTS) is 1. The Hall–Kier alpha value is -1.84. The van der Waals surface area contributed by atoms with E-state index < -0.39 is 5.97 Å². The second-order valence-electron chi connectivity index (χ2n) is 14.7. The lowest BCUT2D eigenvalue weighted by Gasteiger charge is -2.05. The summed E-state index contributed by atoms with van der Waals surface area (Å²) in [6.07, 6.45) is 46.9. The number of para-hydroxylation sites is 1. The van der Waals surface area contributed by atoms with Gasteiger partial charge in [-0.3, -0.25) is 9.59 Å². The molecular weight excluding hydrogens is 592 g/mol. The summed E-state index contributed by atoms with van der Waals surface area (Å²) in [6.45, 7) is 0. The average Bonchev–Trinajstić information content (AvgIpc) is 3.08. The first-order valence-corrected chi connectivity index (χ1v) is 21.2. The monoisotopic (exact) mass is 671 g/mol. The van der Waals surface area contributed by atoms with Crippen molar-refractivity contribution in [2.75, 3.05) is 0 Å². The molecule has 0 aromatic heterocycles. The maximum absolute atomic E-state index is 11.9. The molecule has 0 amide bonds. The quantitative estimate of drug-likeness (QED) is 0.0432. The van der Waals surface area contributed by atoms with Crippen LogP contribution in [0.25, 0.3) is 0 Å². The van der Waals surface area contributed by atoms with Gasteiger partial charge < -0.3 is 9.84 Å². The van der Waals surface area contributed by atoms with Crippen LogP contribution in [0.15, 0.2) is 30.3 Å². The van der Waals surface area contributed by atoms with Gasteiger partial charge in [0.15, 0.2) is 0 Å². The fourth-order valence-corrected chi connectivity index (χ4v) is 6.87. The van der Waals surface area contributed by atoms with E-state index in [9.17, 15) is 9.59 Å². The molecule has 0 radical (unpaired) electrons. The molecule has 0 aliphatic rings. The Morgan fingerprint density at radius 2 is 0.583 bits per heavy atom. The molecule has 0 saturated heterocycles. The zero-order valence-electron chi connectivity index (χ0n) is 31.5. The Morgan fingerprint density at radius 1 is 0.354 bits per heavy atom. The van der Waals surface area contributed by atoms with Gasteiger partial charge in [-0.15, -0.1) is 0 Å². The van der Waals surface area contributed by atoms with Gasteiger partial charge in [0.25, 0.3) is 0 Å². The lowest BCUT2D eigenvalue weighted by atomic mass is 10.0. The minimum absolute atomic E-state index is 0.106. The predicted octanol–water partition coefficient (Wildman–Crippen LogP) is 14.7. The van der Waals surface area contributed by atoms with Gasteiger partial charge in [0.2, 0.25) is 0 Å². The van der Waals surface area contributed by atoms with Crippen molar-refractivity contribution < 1.29 is 19.4 Å². The number of carbonyl (C=O) groups is 2. The van der Waals surface area contributed by atoms with Crippen molar-refractivity contribution in [3.8, 4) is 5.75 Å². The van der Waals surface area contributed by atoms with E-state index in [0.29, 0.717) is 18.6 Å². The van der Waals surface area contributed by atoms with E-state index in [-0.39, 0.29) is 5.97 Å². The van der Waals surface area contributed by atoms with Crippen LogP contribution in [0.2, 0.25) is 0 Å². The number of hydrogen-bond donors (Lipinski definition) is 1. The third-order valence-electron chi connectivity index (χ3n) is 10.00. The lowest BCUT2D eigenvalue weighted by molar-refractivity contribution is -0.137. The molecule has 1 aromatic rings. The van der Waals surface area contributed by atoms with E-state index in [2.05, 4.69) is 0 Å². The molecule has 0 heterocycles. The van der Waals surface area contributed by atoms with Crippen LogP contribution >= 0.6 is 0 Å². The van der Waals surface area contributed by atoms with E-state index in [0.717, 1.165) is 25.7 Å². The molecular formula is C44H78O4. The van der Waals surface area contributed by atoms with Gasteiger partial charge in [0, 0.05) is 12.8 Å². The molecule has 278 valence electrons. The molecule has 0 spiro atoms. The molecule has 0 fully saturated rings. The fraction of sp³-hybridized carbons (Fsp3) is 0.818. The van der Waals surface area contributed by atoms with E-state index in [4.69, 9.17) is 9.84 Å². The van der Waals surface area contributed by atoms with Crippen LogP contribution in [0.4, 0.5) is 0 Å². The minimum atomic E-state index is -0.653. The predicted molar refractivity (Wildman–Crippen MR) is 206 cm³/mol. The standard InChI is InChI=1S/C44H78O4/c45-43(46)40-36-31-29-27-25-23-21-19-17-15-13-11-9-7-5-3-1-2-4-6-8-10-12-14-16-18-20-22-24-26-28-30-32-37-41-44(47)48-42-38-34-33-35-39-42/h33-35,38-39H,1-32,36-37,40-41H2,(H,45,46). The number of benzene rings is 1. The zero-order valence-corrected chi connectivity index (χ0v) is 31.5. The second-order valence-corrected chi connectivity index (χ2v) is 14.7. The van der Waals surface area contributed by atoms with Crippen LogP contribution in [0.5, 0.6) is 5.75 Å². The Balaban J connectivity index is 1.63. The summed E-state index contributed by atoms with van der Waals surface area (Å²) in [6, 6.07) is 9.37. The first-order valence-electron chi connectivity index (χ1n) is 21.2. The number of unbranched alkanes of at least 4 members (excludes halogenated alkanes) is 33. The van der Waals surface area contributed by atoms with Gasteiger partial charge in [0.05, 0.1) is 0 Å². The normalized spacial score (nSPS) is 11.2. The van der Waals surface area contributed by atoms with E-state index in [1.807, 2.05) is 30.3 Å². The molecule has 0 atom stereocenters. The van der Waals surface area contributed by atoms with E-state index in [1.54, 1.807) is 0 Å². The lowest BCUT2D eigenvalue weighted by Crippen LogP contribution is -2.07. The zero-order chi connectivity index (χ0) is 34.4. The first-order chi connectivity index (χ1) is 23.7. The molecule has 4 heteroatoms. The van der Waals surface area contributed by atoms with Crippen molar-refractivity contribution in [3.63, 3.8) is 0 Å². The highest BCUT2D eigenvalue weighted by Crippen LogP contribution is 2.18. The average molecular weight is 671 g/mol. The van der Waals surface area contributed by atoms with Gasteiger partial charge in [-0.1, -0.05) is 224 Å². The van der Waals surface area contributed by atoms with Gasteiger partial charge >= 0.3 is 11.9 Å². The van der Waals surface area contributed by atoms with Crippen LogP contribution in [0.3, 0.4) is 0 Å². The number of ether oxygens (including phenoxy) is 1. The summed E-state index contributed by atoms with van der Waals surface area (Å²) in [7, 11) is 0. The van der Waals surface area contributed by atoms with E-state index >= 15 is 0 Å². The number of esters is 1.